The highest BCUT2D eigenvalue weighted by atomic mass is 16.5. The highest BCUT2D eigenvalue weighted by molar-refractivity contribution is 5.94. The Kier molecular flexibility index (Phi) is 6.56. The van der Waals surface area contributed by atoms with Crippen LogP contribution < -0.4 is 10.6 Å². The van der Waals surface area contributed by atoms with E-state index in [1.807, 2.05) is 12.1 Å². The molecule has 2 rings (SSSR count). The van der Waals surface area contributed by atoms with Gasteiger partial charge < -0.3 is 15.4 Å². The molecule has 0 saturated carbocycles. The van der Waals surface area contributed by atoms with Crippen LogP contribution in [0.4, 0.5) is 11.4 Å². The number of nitrogens with zero attached hydrogens (tertiary/aromatic N) is 1. The zero-order valence-electron chi connectivity index (χ0n) is 13.6. The van der Waals surface area contributed by atoms with Crippen LogP contribution in [0.15, 0.2) is 42.7 Å². The van der Waals surface area contributed by atoms with Crippen molar-refractivity contribution in [3.63, 3.8) is 0 Å². The third-order valence-corrected chi connectivity index (χ3v) is 3.46. The van der Waals surface area contributed by atoms with Gasteiger partial charge in [-0.2, -0.15) is 0 Å². The topological polar surface area (TPSA) is 63.2 Å². The molecule has 0 unspecified atom stereocenters. The monoisotopic (exact) mass is 313 g/mol. The van der Waals surface area contributed by atoms with Crippen molar-refractivity contribution in [2.45, 2.75) is 19.8 Å². The zero-order chi connectivity index (χ0) is 16.5. The van der Waals surface area contributed by atoms with E-state index in [0.29, 0.717) is 18.7 Å². The van der Waals surface area contributed by atoms with Crippen LogP contribution in [-0.2, 0) is 11.2 Å². The van der Waals surface area contributed by atoms with Crippen LogP contribution >= 0.6 is 0 Å². The van der Waals surface area contributed by atoms with Crippen molar-refractivity contribution in [1.29, 1.82) is 0 Å². The molecule has 0 atom stereocenters. The van der Waals surface area contributed by atoms with Crippen molar-refractivity contribution in [1.82, 2.24) is 10.3 Å². The van der Waals surface area contributed by atoms with E-state index in [-0.39, 0.29) is 5.91 Å². The van der Waals surface area contributed by atoms with Gasteiger partial charge in [-0.15, -0.1) is 0 Å². The van der Waals surface area contributed by atoms with Crippen LogP contribution in [0, 0.1) is 0 Å². The van der Waals surface area contributed by atoms with E-state index < -0.39 is 0 Å². The quantitative estimate of drug-likeness (QED) is 0.735. The average Bonchev–Trinajstić information content (AvgIpc) is 2.59. The number of ether oxygens (including phenoxy) is 1. The van der Waals surface area contributed by atoms with Crippen LogP contribution in [0.1, 0.15) is 29.3 Å². The van der Waals surface area contributed by atoms with Crippen LogP contribution in [0.2, 0.25) is 0 Å². The molecule has 0 fully saturated rings. The summed E-state index contributed by atoms with van der Waals surface area (Å²) in [5, 5.41) is 6.12. The molecule has 0 saturated heterocycles. The zero-order valence-corrected chi connectivity index (χ0v) is 13.6. The molecule has 5 heteroatoms. The van der Waals surface area contributed by atoms with Gasteiger partial charge in [0.05, 0.1) is 17.4 Å². The Balaban J connectivity index is 1.96. The maximum absolute atomic E-state index is 12.1. The van der Waals surface area contributed by atoms with E-state index in [4.69, 9.17) is 4.74 Å². The summed E-state index contributed by atoms with van der Waals surface area (Å²) in [5.41, 5.74) is 3.59. The third-order valence-electron chi connectivity index (χ3n) is 3.46. The van der Waals surface area contributed by atoms with Crippen LogP contribution in [0.25, 0.3) is 0 Å². The van der Waals surface area contributed by atoms with Gasteiger partial charge in [0.1, 0.15) is 0 Å². The van der Waals surface area contributed by atoms with Gasteiger partial charge in [0, 0.05) is 32.1 Å². The van der Waals surface area contributed by atoms with Gasteiger partial charge in [-0.1, -0.05) is 19.1 Å². The molecule has 1 amide bonds. The standard InChI is InChI=1S/C18H23N3O2/c1-3-14-5-7-16(8-6-14)21-17-11-15(12-19-13-17)18(22)20-9-4-10-23-2/h5-8,11-13,21H,3-4,9-10H2,1-2H3,(H,20,22). The van der Waals surface area contributed by atoms with Gasteiger partial charge in [-0.3, -0.25) is 9.78 Å². The second-order valence-electron chi connectivity index (χ2n) is 5.24. The maximum Gasteiger partial charge on any atom is 0.252 e. The number of hydrogen-bond acceptors (Lipinski definition) is 4. The van der Waals surface area contributed by atoms with Crippen molar-refractivity contribution in [2.75, 3.05) is 25.6 Å². The van der Waals surface area contributed by atoms with Crippen LogP contribution in [-0.4, -0.2) is 31.2 Å². The Hall–Kier alpha value is -2.40. The summed E-state index contributed by atoms with van der Waals surface area (Å²) >= 11 is 0. The average molecular weight is 313 g/mol. The molecule has 0 aliphatic heterocycles. The largest absolute Gasteiger partial charge is 0.385 e. The number of anilines is 2. The Bertz CT molecular complexity index is 626. The van der Waals surface area contributed by atoms with Gasteiger partial charge in [-0.05, 0) is 36.6 Å². The second kappa shape index (κ2) is 8.90. The first kappa shape index (κ1) is 17.0. The predicted octanol–water partition coefficient (Wildman–Crippen LogP) is 3.15. The summed E-state index contributed by atoms with van der Waals surface area (Å²) in [6.07, 6.45) is 5.07. The van der Waals surface area contributed by atoms with E-state index >= 15 is 0 Å². The maximum atomic E-state index is 12.1. The molecule has 23 heavy (non-hydrogen) atoms. The lowest BCUT2D eigenvalue weighted by atomic mass is 10.1. The first-order valence-corrected chi connectivity index (χ1v) is 7.81. The fraction of sp³-hybridized carbons (Fsp3) is 0.333. The first-order valence-electron chi connectivity index (χ1n) is 7.81. The Labute approximate surface area is 137 Å². The SMILES string of the molecule is CCc1ccc(Nc2cncc(C(=O)NCCCOC)c2)cc1. The van der Waals surface area contributed by atoms with Crippen molar-refractivity contribution < 1.29 is 9.53 Å². The molecule has 2 N–H and O–H groups in total. The van der Waals surface area contributed by atoms with Crippen LogP contribution in [0.3, 0.4) is 0 Å². The number of aryl methyl sites for hydroxylation is 1. The number of pyridine rings is 1. The van der Waals surface area contributed by atoms with Gasteiger partial charge in [0.15, 0.2) is 0 Å². The summed E-state index contributed by atoms with van der Waals surface area (Å²) in [6.45, 7) is 3.35. The lowest BCUT2D eigenvalue weighted by Crippen LogP contribution is -2.25. The smallest absolute Gasteiger partial charge is 0.252 e. The molecule has 5 nitrogen and oxygen atoms in total. The van der Waals surface area contributed by atoms with E-state index in [9.17, 15) is 4.79 Å². The highest BCUT2D eigenvalue weighted by Gasteiger charge is 2.06. The Morgan fingerprint density at radius 2 is 1.96 bits per heavy atom. The summed E-state index contributed by atoms with van der Waals surface area (Å²) in [5.74, 6) is -0.126. The Morgan fingerprint density at radius 3 is 2.65 bits per heavy atom. The van der Waals surface area contributed by atoms with Gasteiger partial charge in [0.2, 0.25) is 0 Å². The first-order chi connectivity index (χ1) is 11.2. The molecule has 1 aromatic carbocycles. The molecule has 0 aliphatic rings. The number of aromatic nitrogens is 1. The molecule has 0 spiro atoms. The second-order valence-corrected chi connectivity index (χ2v) is 5.24. The molecule has 0 bridgehead atoms. The Morgan fingerprint density at radius 1 is 1.17 bits per heavy atom. The van der Waals surface area contributed by atoms with Gasteiger partial charge in [0.25, 0.3) is 5.91 Å². The molecule has 2 aromatic rings. The highest BCUT2D eigenvalue weighted by Crippen LogP contribution is 2.17. The third kappa shape index (κ3) is 5.38. The number of carbonyl (C=O) groups is 1. The lowest BCUT2D eigenvalue weighted by molar-refractivity contribution is 0.0948. The fourth-order valence-electron chi connectivity index (χ4n) is 2.14. The fourth-order valence-corrected chi connectivity index (χ4v) is 2.14. The number of benzene rings is 1. The molecule has 0 radical (unpaired) electrons. The minimum atomic E-state index is -0.126. The molecule has 1 heterocycles. The number of rotatable bonds is 8. The number of nitrogens with one attached hydrogen (secondary N) is 2. The molecule has 0 aliphatic carbocycles. The normalized spacial score (nSPS) is 10.3. The molecule has 122 valence electrons. The number of carbonyl (C=O) groups excluding carboxylic acids is 1. The van der Waals surface area contributed by atoms with Crippen molar-refractivity contribution in [3.8, 4) is 0 Å². The predicted molar refractivity (Wildman–Crippen MR) is 92.2 cm³/mol. The summed E-state index contributed by atoms with van der Waals surface area (Å²) in [6, 6.07) is 10.0. The molecular weight excluding hydrogens is 290 g/mol. The van der Waals surface area contributed by atoms with Crippen molar-refractivity contribution >= 4 is 17.3 Å². The summed E-state index contributed by atoms with van der Waals surface area (Å²) in [4.78, 5) is 16.2. The van der Waals surface area contributed by atoms with Gasteiger partial charge in [-0.25, -0.2) is 0 Å². The number of amides is 1. The van der Waals surface area contributed by atoms with Crippen molar-refractivity contribution in [2.24, 2.45) is 0 Å². The molecular formula is C18H23N3O2. The van der Waals surface area contributed by atoms with Gasteiger partial charge >= 0.3 is 0 Å². The lowest BCUT2D eigenvalue weighted by Gasteiger charge is -2.09. The van der Waals surface area contributed by atoms with E-state index in [2.05, 4.69) is 34.7 Å². The van der Waals surface area contributed by atoms with Crippen LogP contribution in [0.5, 0.6) is 0 Å². The van der Waals surface area contributed by atoms with E-state index in [1.54, 1.807) is 25.6 Å². The number of hydrogen-bond donors (Lipinski definition) is 2. The minimum absolute atomic E-state index is 0.126. The minimum Gasteiger partial charge on any atom is -0.385 e. The van der Waals surface area contributed by atoms with E-state index in [0.717, 1.165) is 24.2 Å². The summed E-state index contributed by atoms with van der Waals surface area (Å²) in [7, 11) is 1.65. The summed E-state index contributed by atoms with van der Waals surface area (Å²) < 4.78 is 4.96. The number of methoxy groups -OCH3 is 1. The van der Waals surface area contributed by atoms with Crippen molar-refractivity contribution in [3.05, 3.63) is 53.9 Å². The molecule has 1 aromatic heterocycles. The van der Waals surface area contributed by atoms with E-state index in [1.165, 1.54) is 5.56 Å².